The molecule has 116 valence electrons. The Labute approximate surface area is 128 Å². The van der Waals surface area contributed by atoms with Gasteiger partial charge < -0.3 is 14.9 Å². The molecule has 1 aromatic carbocycles. The maximum Gasteiger partial charge on any atom is 0.307 e. The van der Waals surface area contributed by atoms with Gasteiger partial charge in [0.15, 0.2) is 5.69 Å². The summed E-state index contributed by atoms with van der Waals surface area (Å²) in [5.41, 5.74) is 1.09. The Morgan fingerprint density at radius 1 is 1.27 bits per heavy atom. The standard InChI is InChI=1S/C16H18N2O4/c1-16(2,3)13-9-12(18-22-13)15(21)17-11-6-4-5-10(7-11)8-14(19)20/h4-7,9H,8H2,1-3H3,(H,17,21)(H,19,20). The van der Waals surface area contributed by atoms with Crippen molar-refractivity contribution in [2.24, 2.45) is 0 Å². The Morgan fingerprint density at radius 2 is 2.00 bits per heavy atom. The van der Waals surface area contributed by atoms with E-state index in [2.05, 4.69) is 10.5 Å². The first-order valence-electron chi connectivity index (χ1n) is 6.85. The van der Waals surface area contributed by atoms with E-state index in [0.717, 1.165) is 0 Å². The van der Waals surface area contributed by atoms with Crippen LogP contribution in [0.1, 0.15) is 42.6 Å². The molecule has 0 aliphatic heterocycles. The SMILES string of the molecule is CC(C)(C)c1cc(C(=O)Nc2cccc(CC(=O)O)c2)no1. The minimum absolute atomic E-state index is 0.0954. The molecule has 1 amide bonds. The number of hydrogen-bond donors (Lipinski definition) is 2. The van der Waals surface area contributed by atoms with Gasteiger partial charge in [0, 0.05) is 17.2 Å². The van der Waals surface area contributed by atoms with Crippen LogP contribution < -0.4 is 5.32 Å². The summed E-state index contributed by atoms with van der Waals surface area (Å²) in [7, 11) is 0. The Bertz CT molecular complexity index is 698. The summed E-state index contributed by atoms with van der Waals surface area (Å²) in [5.74, 6) is -0.696. The van der Waals surface area contributed by atoms with E-state index in [9.17, 15) is 9.59 Å². The number of carboxylic acid groups (broad SMARTS) is 1. The predicted octanol–water partition coefficient (Wildman–Crippen LogP) is 2.85. The van der Waals surface area contributed by atoms with Gasteiger partial charge >= 0.3 is 5.97 Å². The highest BCUT2D eigenvalue weighted by Gasteiger charge is 2.22. The fraction of sp³-hybridized carbons (Fsp3) is 0.312. The summed E-state index contributed by atoms with van der Waals surface area (Å²) in [6.07, 6.45) is -0.0954. The lowest BCUT2D eigenvalue weighted by atomic mass is 9.93. The molecule has 6 nitrogen and oxygen atoms in total. The maximum absolute atomic E-state index is 12.1. The van der Waals surface area contributed by atoms with Crippen molar-refractivity contribution in [3.8, 4) is 0 Å². The molecule has 2 rings (SSSR count). The number of nitrogens with zero attached hydrogens (tertiary/aromatic N) is 1. The molecule has 0 spiro atoms. The second-order valence-electron chi connectivity index (χ2n) is 6.05. The third-order valence-electron chi connectivity index (χ3n) is 3.02. The number of carbonyl (C=O) groups excluding carboxylic acids is 1. The van der Waals surface area contributed by atoms with Crippen LogP contribution in [0.2, 0.25) is 0 Å². The quantitative estimate of drug-likeness (QED) is 0.906. The molecule has 0 saturated heterocycles. The normalized spacial score (nSPS) is 11.2. The van der Waals surface area contributed by atoms with E-state index in [-0.39, 0.29) is 17.5 Å². The van der Waals surface area contributed by atoms with E-state index < -0.39 is 11.9 Å². The van der Waals surface area contributed by atoms with E-state index in [1.807, 2.05) is 20.8 Å². The topological polar surface area (TPSA) is 92.4 Å². The van der Waals surface area contributed by atoms with Gasteiger partial charge in [-0.25, -0.2) is 0 Å². The predicted molar refractivity (Wildman–Crippen MR) is 80.9 cm³/mol. The van der Waals surface area contributed by atoms with Crippen molar-refractivity contribution >= 4 is 17.6 Å². The number of nitrogens with one attached hydrogen (secondary N) is 1. The van der Waals surface area contributed by atoms with E-state index in [1.54, 1.807) is 30.3 Å². The van der Waals surface area contributed by atoms with Gasteiger partial charge in [-0.15, -0.1) is 0 Å². The van der Waals surface area contributed by atoms with Crippen LogP contribution in [0.15, 0.2) is 34.9 Å². The highest BCUT2D eigenvalue weighted by Crippen LogP contribution is 2.23. The van der Waals surface area contributed by atoms with E-state index in [0.29, 0.717) is 17.0 Å². The Kier molecular flexibility index (Phi) is 4.30. The third kappa shape index (κ3) is 3.94. The molecule has 0 bridgehead atoms. The number of carbonyl (C=O) groups is 2. The average molecular weight is 302 g/mol. The van der Waals surface area contributed by atoms with Crippen LogP contribution in [-0.2, 0) is 16.6 Å². The number of benzene rings is 1. The highest BCUT2D eigenvalue weighted by atomic mass is 16.5. The van der Waals surface area contributed by atoms with E-state index in [4.69, 9.17) is 9.63 Å². The van der Waals surface area contributed by atoms with Crippen LogP contribution in [-0.4, -0.2) is 22.1 Å². The fourth-order valence-electron chi connectivity index (χ4n) is 1.86. The zero-order chi connectivity index (χ0) is 16.3. The van der Waals surface area contributed by atoms with Crippen molar-refractivity contribution in [3.05, 3.63) is 47.3 Å². The third-order valence-corrected chi connectivity index (χ3v) is 3.02. The summed E-state index contributed by atoms with van der Waals surface area (Å²) >= 11 is 0. The minimum Gasteiger partial charge on any atom is -0.481 e. The molecule has 0 aliphatic rings. The number of carboxylic acids is 1. The van der Waals surface area contributed by atoms with Crippen molar-refractivity contribution in [2.45, 2.75) is 32.6 Å². The summed E-state index contributed by atoms with van der Waals surface area (Å²) in [6, 6.07) is 8.30. The average Bonchev–Trinajstić information content (AvgIpc) is 2.87. The van der Waals surface area contributed by atoms with Gasteiger partial charge in [0.25, 0.3) is 5.91 Å². The Balaban J connectivity index is 2.12. The molecule has 0 atom stereocenters. The molecule has 2 aromatic rings. The van der Waals surface area contributed by atoms with Crippen LogP contribution in [0, 0.1) is 0 Å². The second-order valence-corrected chi connectivity index (χ2v) is 6.05. The number of hydrogen-bond acceptors (Lipinski definition) is 4. The number of aromatic nitrogens is 1. The van der Waals surface area contributed by atoms with Gasteiger partial charge in [-0.05, 0) is 17.7 Å². The highest BCUT2D eigenvalue weighted by molar-refractivity contribution is 6.02. The molecule has 6 heteroatoms. The van der Waals surface area contributed by atoms with E-state index >= 15 is 0 Å². The van der Waals surface area contributed by atoms with Crippen LogP contribution in [0.5, 0.6) is 0 Å². The van der Waals surface area contributed by atoms with Gasteiger partial charge in [-0.2, -0.15) is 0 Å². The molecule has 0 aliphatic carbocycles. The summed E-state index contributed by atoms with van der Waals surface area (Å²) in [4.78, 5) is 22.8. The maximum atomic E-state index is 12.1. The lowest BCUT2D eigenvalue weighted by Crippen LogP contribution is -2.13. The lowest BCUT2D eigenvalue weighted by Gasteiger charge is -2.12. The molecule has 0 unspecified atom stereocenters. The number of anilines is 1. The van der Waals surface area contributed by atoms with Gasteiger partial charge in [-0.3, -0.25) is 9.59 Å². The molecular formula is C16H18N2O4. The first-order valence-corrected chi connectivity index (χ1v) is 6.85. The Hall–Kier alpha value is -2.63. The Morgan fingerprint density at radius 3 is 2.59 bits per heavy atom. The van der Waals surface area contributed by atoms with Crippen LogP contribution >= 0.6 is 0 Å². The monoisotopic (exact) mass is 302 g/mol. The molecule has 0 saturated carbocycles. The molecule has 0 radical (unpaired) electrons. The second kappa shape index (κ2) is 6.01. The zero-order valence-electron chi connectivity index (χ0n) is 12.7. The molecule has 0 fully saturated rings. The summed E-state index contributed by atoms with van der Waals surface area (Å²) in [5, 5.41) is 15.2. The number of rotatable bonds is 4. The zero-order valence-corrected chi connectivity index (χ0v) is 12.7. The molecule has 2 N–H and O–H groups in total. The number of amides is 1. The smallest absolute Gasteiger partial charge is 0.307 e. The summed E-state index contributed by atoms with van der Waals surface area (Å²) < 4.78 is 5.18. The minimum atomic E-state index is -0.921. The van der Waals surface area contributed by atoms with Crippen molar-refractivity contribution in [1.29, 1.82) is 0 Å². The molecule has 1 aromatic heterocycles. The molecule has 1 heterocycles. The first kappa shape index (κ1) is 15.8. The van der Waals surface area contributed by atoms with Gasteiger partial charge in [0.05, 0.1) is 6.42 Å². The van der Waals surface area contributed by atoms with E-state index in [1.165, 1.54) is 0 Å². The molecule has 22 heavy (non-hydrogen) atoms. The van der Waals surface area contributed by atoms with Crippen LogP contribution in [0.25, 0.3) is 0 Å². The van der Waals surface area contributed by atoms with Crippen LogP contribution in [0.4, 0.5) is 5.69 Å². The van der Waals surface area contributed by atoms with Gasteiger partial charge in [0.1, 0.15) is 5.76 Å². The first-order chi connectivity index (χ1) is 10.3. The lowest BCUT2D eigenvalue weighted by molar-refractivity contribution is -0.136. The van der Waals surface area contributed by atoms with Crippen molar-refractivity contribution in [1.82, 2.24) is 5.16 Å². The van der Waals surface area contributed by atoms with Crippen molar-refractivity contribution in [3.63, 3.8) is 0 Å². The summed E-state index contributed by atoms with van der Waals surface area (Å²) in [6.45, 7) is 5.89. The van der Waals surface area contributed by atoms with Crippen LogP contribution in [0.3, 0.4) is 0 Å². The van der Waals surface area contributed by atoms with Crippen molar-refractivity contribution in [2.75, 3.05) is 5.32 Å². The van der Waals surface area contributed by atoms with Gasteiger partial charge in [-0.1, -0.05) is 38.1 Å². The fourth-order valence-corrected chi connectivity index (χ4v) is 1.86. The molecular weight excluding hydrogens is 284 g/mol. The van der Waals surface area contributed by atoms with Crippen molar-refractivity contribution < 1.29 is 19.2 Å². The number of aliphatic carboxylic acids is 1. The van der Waals surface area contributed by atoms with Gasteiger partial charge in [0.2, 0.25) is 0 Å². The largest absolute Gasteiger partial charge is 0.481 e.